The minimum atomic E-state index is 0.152. The number of para-hydroxylation sites is 1. The quantitative estimate of drug-likeness (QED) is 0.522. The first-order valence-corrected chi connectivity index (χ1v) is 10.0. The highest BCUT2D eigenvalue weighted by Gasteiger charge is 2.20. The largest absolute Gasteiger partial charge is 0.366 e. The van der Waals surface area contributed by atoms with Crippen LogP contribution in [0.5, 0.6) is 0 Å². The van der Waals surface area contributed by atoms with E-state index in [9.17, 15) is 0 Å². The number of nitrogens with zero attached hydrogens (tertiary/aromatic N) is 4. The summed E-state index contributed by atoms with van der Waals surface area (Å²) in [5.74, 6) is 1.41. The third-order valence-corrected chi connectivity index (χ3v) is 5.24. The predicted molar refractivity (Wildman–Crippen MR) is 117 cm³/mol. The number of hydrogen-bond acceptors (Lipinski definition) is 5. The molecule has 0 radical (unpaired) electrons. The van der Waals surface area contributed by atoms with Crippen molar-refractivity contribution in [2.45, 2.75) is 32.7 Å². The normalized spacial score (nSPS) is 17.2. The Bertz CT molecular complexity index is 826. The van der Waals surface area contributed by atoms with Crippen LogP contribution in [0, 0.1) is 12.3 Å². The summed E-state index contributed by atoms with van der Waals surface area (Å²) < 4.78 is 0. The topological polar surface area (TPSA) is 80.2 Å². The van der Waals surface area contributed by atoms with Gasteiger partial charge in [0.1, 0.15) is 5.82 Å². The van der Waals surface area contributed by atoms with E-state index in [1.807, 2.05) is 31.2 Å². The van der Waals surface area contributed by atoms with E-state index >= 15 is 0 Å². The molecule has 3 N–H and O–H groups in total. The first-order valence-electron chi connectivity index (χ1n) is 9.64. The molecule has 0 spiro atoms. The Kier molecular flexibility index (Phi) is 6.70. The summed E-state index contributed by atoms with van der Waals surface area (Å²) in [5, 5.41) is 15.5. The zero-order valence-corrected chi connectivity index (χ0v) is 17.4. The van der Waals surface area contributed by atoms with Crippen molar-refractivity contribution in [1.29, 1.82) is 5.41 Å². The van der Waals surface area contributed by atoms with Crippen LogP contribution in [0.3, 0.4) is 0 Å². The first kappa shape index (κ1) is 20.4. The van der Waals surface area contributed by atoms with Gasteiger partial charge in [0.05, 0.1) is 10.7 Å². The lowest BCUT2D eigenvalue weighted by Gasteiger charge is -2.32. The van der Waals surface area contributed by atoms with Crippen LogP contribution in [0.25, 0.3) is 0 Å². The van der Waals surface area contributed by atoms with Gasteiger partial charge in [-0.25, -0.2) is 4.98 Å². The van der Waals surface area contributed by atoms with Gasteiger partial charge in [-0.05, 0) is 45.0 Å². The monoisotopic (exact) mass is 401 g/mol. The molecule has 8 heteroatoms. The molecular formula is C20H28ClN7. The molecule has 7 nitrogen and oxygen atoms in total. The second-order valence-electron chi connectivity index (χ2n) is 7.08. The second kappa shape index (κ2) is 9.21. The summed E-state index contributed by atoms with van der Waals surface area (Å²) in [6.07, 6.45) is 2.32. The van der Waals surface area contributed by atoms with Gasteiger partial charge in [-0.2, -0.15) is 4.98 Å². The molecule has 1 aromatic heterocycles. The molecule has 1 atom stereocenters. The third kappa shape index (κ3) is 5.11. The Morgan fingerprint density at radius 3 is 2.89 bits per heavy atom. The summed E-state index contributed by atoms with van der Waals surface area (Å²) in [4.78, 5) is 13.2. The van der Waals surface area contributed by atoms with Gasteiger partial charge in [0.2, 0.25) is 11.9 Å². The minimum absolute atomic E-state index is 0.152. The van der Waals surface area contributed by atoms with Crippen LogP contribution in [0.15, 0.2) is 30.3 Å². The maximum atomic E-state index is 8.36. The smallest absolute Gasteiger partial charge is 0.234 e. The van der Waals surface area contributed by atoms with E-state index < -0.39 is 0 Å². The molecule has 1 aromatic carbocycles. The Labute approximate surface area is 171 Å². The van der Waals surface area contributed by atoms with Crippen LogP contribution >= 0.6 is 11.6 Å². The molecule has 150 valence electrons. The second-order valence-corrected chi connectivity index (χ2v) is 7.49. The van der Waals surface area contributed by atoms with Crippen LogP contribution < -0.4 is 15.5 Å². The van der Waals surface area contributed by atoms with Gasteiger partial charge >= 0.3 is 0 Å². The van der Waals surface area contributed by atoms with Gasteiger partial charge in [0.15, 0.2) is 0 Å². The Balaban J connectivity index is 1.71. The van der Waals surface area contributed by atoms with Crippen molar-refractivity contribution >= 4 is 35.0 Å². The summed E-state index contributed by atoms with van der Waals surface area (Å²) in [6.45, 7) is 7.39. The zero-order chi connectivity index (χ0) is 20.1. The molecule has 1 aliphatic heterocycles. The highest BCUT2D eigenvalue weighted by atomic mass is 35.5. The lowest BCUT2D eigenvalue weighted by atomic mass is 10.1. The Morgan fingerprint density at radius 1 is 1.36 bits per heavy atom. The Morgan fingerprint density at radius 2 is 2.14 bits per heavy atom. The van der Waals surface area contributed by atoms with E-state index in [1.165, 1.54) is 6.42 Å². The molecule has 1 saturated heterocycles. The number of anilines is 3. The van der Waals surface area contributed by atoms with E-state index in [-0.39, 0.29) is 5.96 Å². The Hall–Kier alpha value is -2.38. The van der Waals surface area contributed by atoms with Crippen molar-refractivity contribution in [3.63, 3.8) is 0 Å². The average molecular weight is 402 g/mol. The molecule has 2 heterocycles. The molecule has 1 fully saturated rings. The highest BCUT2D eigenvalue weighted by molar-refractivity contribution is 6.33. The van der Waals surface area contributed by atoms with Crippen LogP contribution in [-0.2, 0) is 0 Å². The van der Waals surface area contributed by atoms with Crippen molar-refractivity contribution in [1.82, 2.24) is 14.9 Å². The number of halogens is 1. The van der Waals surface area contributed by atoms with Gasteiger partial charge in [0, 0.05) is 31.4 Å². The maximum Gasteiger partial charge on any atom is 0.234 e. The number of aromatic nitrogens is 2. The standard InChI is InChI=1S/C20H28ClN7/c1-4-28-11-7-8-15(13-28)24-18-12-14(2)23-20(26-18)27(3)19(22)25-17-10-6-5-9-16(17)21/h5-6,9-10,12,15H,4,7-8,11,13H2,1-3H3,(H2,22,25)(H,23,24,26). The van der Waals surface area contributed by atoms with E-state index in [4.69, 9.17) is 17.0 Å². The first-order chi connectivity index (χ1) is 13.5. The SMILES string of the molecule is CCN1CCCC(Nc2cc(C)nc(N(C)C(=N)Nc3ccccc3Cl)n2)C1. The van der Waals surface area contributed by atoms with E-state index in [1.54, 1.807) is 18.0 Å². The summed E-state index contributed by atoms with van der Waals surface area (Å²) in [5.41, 5.74) is 1.53. The van der Waals surface area contributed by atoms with Crippen molar-refractivity contribution in [2.75, 3.05) is 42.2 Å². The maximum absolute atomic E-state index is 8.36. The number of nitrogens with one attached hydrogen (secondary N) is 3. The van der Waals surface area contributed by atoms with Gasteiger partial charge in [-0.1, -0.05) is 30.7 Å². The highest BCUT2D eigenvalue weighted by Crippen LogP contribution is 2.22. The van der Waals surface area contributed by atoms with Crippen LogP contribution in [0.2, 0.25) is 5.02 Å². The number of rotatable bonds is 5. The summed E-state index contributed by atoms with van der Waals surface area (Å²) >= 11 is 6.18. The molecule has 0 saturated carbocycles. The van der Waals surface area contributed by atoms with Gasteiger partial charge in [-0.15, -0.1) is 0 Å². The molecule has 0 bridgehead atoms. The number of benzene rings is 1. The lowest BCUT2D eigenvalue weighted by molar-refractivity contribution is 0.226. The third-order valence-electron chi connectivity index (χ3n) is 4.91. The van der Waals surface area contributed by atoms with Crippen LogP contribution in [0.4, 0.5) is 17.5 Å². The molecule has 3 rings (SSSR count). The molecule has 0 amide bonds. The number of aryl methyl sites for hydroxylation is 1. The number of piperidine rings is 1. The number of likely N-dealkylation sites (N-methyl/N-ethyl adjacent to an activating group) is 1. The summed E-state index contributed by atoms with van der Waals surface area (Å²) in [7, 11) is 1.77. The predicted octanol–water partition coefficient (Wildman–Crippen LogP) is 3.82. The van der Waals surface area contributed by atoms with Crippen LogP contribution in [-0.4, -0.2) is 53.6 Å². The average Bonchev–Trinajstić information content (AvgIpc) is 2.68. The molecule has 2 aromatic rings. The molecule has 0 aliphatic carbocycles. The molecule has 1 unspecified atom stereocenters. The number of guanidine groups is 1. The molecule has 28 heavy (non-hydrogen) atoms. The van der Waals surface area contributed by atoms with E-state index in [2.05, 4.69) is 32.4 Å². The van der Waals surface area contributed by atoms with E-state index in [0.717, 1.165) is 37.6 Å². The fraction of sp³-hybridized carbons (Fsp3) is 0.450. The lowest BCUT2D eigenvalue weighted by Crippen LogP contribution is -2.42. The number of likely N-dealkylation sites (tertiary alicyclic amines) is 1. The van der Waals surface area contributed by atoms with Crippen molar-refractivity contribution in [2.24, 2.45) is 0 Å². The molecule has 1 aliphatic rings. The fourth-order valence-corrected chi connectivity index (χ4v) is 3.50. The minimum Gasteiger partial charge on any atom is -0.366 e. The van der Waals surface area contributed by atoms with E-state index in [0.29, 0.717) is 22.7 Å². The van der Waals surface area contributed by atoms with Gasteiger partial charge < -0.3 is 15.5 Å². The summed E-state index contributed by atoms with van der Waals surface area (Å²) in [6, 6.07) is 9.67. The van der Waals surface area contributed by atoms with Crippen molar-refractivity contribution in [3.8, 4) is 0 Å². The fourth-order valence-electron chi connectivity index (χ4n) is 3.32. The zero-order valence-electron chi connectivity index (χ0n) is 16.7. The molecular weight excluding hydrogens is 374 g/mol. The number of hydrogen-bond donors (Lipinski definition) is 3. The van der Waals surface area contributed by atoms with Crippen LogP contribution in [0.1, 0.15) is 25.5 Å². The van der Waals surface area contributed by atoms with Gasteiger partial charge in [-0.3, -0.25) is 10.3 Å². The van der Waals surface area contributed by atoms with Crippen molar-refractivity contribution < 1.29 is 0 Å². The van der Waals surface area contributed by atoms with Gasteiger partial charge in [0.25, 0.3) is 0 Å². The van der Waals surface area contributed by atoms with Crippen molar-refractivity contribution in [3.05, 3.63) is 41.0 Å².